The first kappa shape index (κ1) is 31.6. The maximum absolute atomic E-state index is 12.2. The second-order valence-corrected chi connectivity index (χ2v) is 8.51. The van der Waals surface area contributed by atoms with E-state index in [1.807, 2.05) is 82.2 Å². The van der Waals surface area contributed by atoms with Crippen molar-refractivity contribution in [2.75, 3.05) is 73.7 Å². The number of hydrogen-bond donors (Lipinski definition) is 3. The fourth-order valence-electron chi connectivity index (χ4n) is 3.78. The van der Waals surface area contributed by atoms with Gasteiger partial charge in [0, 0.05) is 46.5 Å². The van der Waals surface area contributed by atoms with Crippen LogP contribution < -0.4 is 35.4 Å². The Morgan fingerprint density at radius 1 is 1.05 bits per heavy atom. The number of nitrogens with zero attached hydrogens (tertiary/aromatic N) is 5. The van der Waals surface area contributed by atoms with Crippen LogP contribution >= 0.6 is 0 Å². The molecule has 11 nitrogen and oxygen atoms in total. The highest BCUT2D eigenvalue weighted by molar-refractivity contribution is 6.02. The van der Waals surface area contributed by atoms with Crippen molar-refractivity contribution in [2.45, 2.75) is 13.8 Å². The molecule has 0 unspecified atom stereocenters. The predicted octanol–water partition coefficient (Wildman–Crippen LogP) is 4.40. The van der Waals surface area contributed by atoms with E-state index >= 15 is 0 Å². The highest BCUT2D eigenvalue weighted by atomic mass is 16.5. The summed E-state index contributed by atoms with van der Waals surface area (Å²) in [6, 6.07) is 12.8. The van der Waals surface area contributed by atoms with Crippen LogP contribution in [0.2, 0.25) is 0 Å². The van der Waals surface area contributed by atoms with Crippen molar-refractivity contribution in [3.8, 4) is 5.75 Å². The number of carbonyl (C=O) groups is 2. The molecule has 214 valence electrons. The van der Waals surface area contributed by atoms with E-state index in [9.17, 15) is 9.59 Å². The van der Waals surface area contributed by atoms with Gasteiger partial charge in [0.15, 0.2) is 0 Å². The molecule has 0 fully saturated rings. The number of rotatable bonds is 13. The average Bonchev–Trinajstić information content (AvgIpc) is 2.97. The maximum atomic E-state index is 12.2. The number of ether oxygens (including phenoxy) is 1. The number of hydrogen-bond acceptors (Lipinski definition) is 9. The second kappa shape index (κ2) is 15.7. The first-order chi connectivity index (χ1) is 19.3. The van der Waals surface area contributed by atoms with Gasteiger partial charge in [-0.3, -0.25) is 14.5 Å². The van der Waals surface area contributed by atoms with Crippen LogP contribution in [-0.2, 0) is 9.59 Å². The van der Waals surface area contributed by atoms with Crippen molar-refractivity contribution in [1.82, 2.24) is 15.3 Å². The van der Waals surface area contributed by atoms with E-state index in [4.69, 9.17) is 4.74 Å². The van der Waals surface area contributed by atoms with Gasteiger partial charge >= 0.3 is 0 Å². The number of carbonyl (C=O) groups excluding carboxylic acids is 2. The Morgan fingerprint density at radius 3 is 2.35 bits per heavy atom. The molecule has 0 bridgehead atoms. The van der Waals surface area contributed by atoms with Gasteiger partial charge in [0.2, 0.25) is 18.3 Å². The van der Waals surface area contributed by atoms with Crippen LogP contribution in [0.1, 0.15) is 13.8 Å². The Kier molecular flexibility index (Phi) is 12.4. The van der Waals surface area contributed by atoms with Gasteiger partial charge < -0.3 is 30.5 Å². The summed E-state index contributed by atoms with van der Waals surface area (Å²) in [7, 11) is 9.17. The molecule has 0 aliphatic rings. The summed E-state index contributed by atoms with van der Waals surface area (Å²) >= 11 is 0. The van der Waals surface area contributed by atoms with Crippen LogP contribution in [0, 0.1) is 0 Å². The highest BCUT2D eigenvalue weighted by Gasteiger charge is 2.18. The zero-order valence-corrected chi connectivity index (χ0v) is 24.4. The Hall–Kier alpha value is -4.64. The maximum Gasteiger partial charge on any atom is 0.247 e. The van der Waals surface area contributed by atoms with Crippen molar-refractivity contribution in [2.24, 2.45) is 0 Å². The predicted molar refractivity (Wildman–Crippen MR) is 165 cm³/mol. The van der Waals surface area contributed by atoms with Crippen LogP contribution in [0.4, 0.5) is 40.2 Å². The van der Waals surface area contributed by atoms with Gasteiger partial charge in [0.25, 0.3) is 0 Å². The molecular formula is C29H40N8O3. The molecule has 0 spiro atoms. The molecule has 3 aromatic rings. The van der Waals surface area contributed by atoms with Gasteiger partial charge in [-0.2, -0.15) is 4.98 Å². The first-order valence-corrected chi connectivity index (χ1v) is 12.9. The third-order valence-electron chi connectivity index (χ3n) is 5.73. The van der Waals surface area contributed by atoms with Gasteiger partial charge in [0.1, 0.15) is 11.6 Å². The molecule has 0 aliphatic carbocycles. The summed E-state index contributed by atoms with van der Waals surface area (Å²) in [5.74, 6) is 0.803. The molecule has 11 heteroatoms. The summed E-state index contributed by atoms with van der Waals surface area (Å²) in [5.41, 5.74) is 3.39. The lowest BCUT2D eigenvalue weighted by atomic mass is 10.2. The molecule has 0 saturated heterocycles. The quantitative estimate of drug-likeness (QED) is 0.211. The average molecular weight is 549 g/mol. The molecule has 0 radical (unpaired) electrons. The van der Waals surface area contributed by atoms with Crippen LogP contribution in [0.3, 0.4) is 0 Å². The van der Waals surface area contributed by atoms with E-state index in [-0.39, 0.29) is 11.9 Å². The standard InChI is InChI=1S/C27H34N8O3.C2H6/c1-7-26(37)30-19-16-20(24(38-6)17-23(19)34(5)15-14-28-2)31-27-29-13-12-25(32-27)35(18-36)22-11-9-8-10-21(22)33(3)4;1-2/h7-13,16-18,28H,1,14-15H2,2-6H3,(H,30,37)(H,29,31,32);1-2H3. The summed E-state index contributed by atoms with van der Waals surface area (Å²) in [5, 5.41) is 9.14. The summed E-state index contributed by atoms with van der Waals surface area (Å²) in [4.78, 5) is 38.6. The number of amides is 2. The minimum absolute atomic E-state index is 0.243. The topological polar surface area (TPSA) is 115 Å². The van der Waals surface area contributed by atoms with Crippen molar-refractivity contribution < 1.29 is 14.3 Å². The number of likely N-dealkylation sites (N-methyl/N-ethyl adjacent to an activating group) is 2. The van der Waals surface area contributed by atoms with Crippen LogP contribution in [-0.4, -0.2) is 70.7 Å². The van der Waals surface area contributed by atoms with Crippen molar-refractivity contribution >= 4 is 52.5 Å². The van der Waals surface area contributed by atoms with E-state index in [2.05, 4.69) is 32.5 Å². The third kappa shape index (κ3) is 7.93. The number of para-hydroxylation sites is 2. The Bertz CT molecular complexity index is 1280. The SMILES string of the molecule is C=CC(=O)Nc1cc(Nc2nccc(N(C=O)c3ccccc3N(C)C)n2)c(OC)cc1N(C)CCNC.CC. The minimum Gasteiger partial charge on any atom is -0.494 e. The van der Waals surface area contributed by atoms with Crippen molar-refractivity contribution in [1.29, 1.82) is 0 Å². The largest absolute Gasteiger partial charge is 0.494 e. The lowest BCUT2D eigenvalue weighted by Crippen LogP contribution is -2.28. The summed E-state index contributed by atoms with van der Waals surface area (Å²) in [6.07, 6.45) is 3.49. The van der Waals surface area contributed by atoms with Crippen LogP contribution in [0.5, 0.6) is 5.75 Å². The Morgan fingerprint density at radius 2 is 1.75 bits per heavy atom. The minimum atomic E-state index is -0.344. The van der Waals surface area contributed by atoms with Crippen molar-refractivity contribution in [3.05, 3.63) is 61.3 Å². The molecule has 3 N–H and O–H groups in total. The van der Waals surface area contributed by atoms with E-state index in [1.165, 1.54) is 11.0 Å². The molecule has 2 aromatic carbocycles. The molecule has 3 rings (SSSR count). The highest BCUT2D eigenvalue weighted by Crippen LogP contribution is 2.38. The molecule has 0 aliphatic heterocycles. The number of benzene rings is 2. The van der Waals surface area contributed by atoms with Gasteiger partial charge in [-0.25, -0.2) is 4.98 Å². The zero-order valence-electron chi connectivity index (χ0n) is 24.4. The van der Waals surface area contributed by atoms with E-state index < -0.39 is 0 Å². The fraction of sp³-hybridized carbons (Fsp3) is 0.310. The molecule has 2 amide bonds. The van der Waals surface area contributed by atoms with Crippen LogP contribution in [0.15, 0.2) is 61.3 Å². The van der Waals surface area contributed by atoms with E-state index in [1.54, 1.807) is 25.4 Å². The lowest BCUT2D eigenvalue weighted by molar-refractivity contribution is -0.112. The molecule has 1 heterocycles. The number of methoxy groups -OCH3 is 1. The number of aromatic nitrogens is 2. The second-order valence-electron chi connectivity index (χ2n) is 8.51. The summed E-state index contributed by atoms with van der Waals surface area (Å²) < 4.78 is 5.64. The fourth-order valence-corrected chi connectivity index (χ4v) is 3.78. The molecular weight excluding hydrogens is 508 g/mol. The van der Waals surface area contributed by atoms with Gasteiger partial charge in [-0.1, -0.05) is 32.6 Å². The number of anilines is 7. The molecule has 1 aromatic heterocycles. The monoisotopic (exact) mass is 548 g/mol. The van der Waals surface area contributed by atoms with Crippen molar-refractivity contribution in [3.63, 3.8) is 0 Å². The zero-order chi connectivity index (χ0) is 29.7. The Balaban J connectivity index is 0.00000274. The third-order valence-corrected chi connectivity index (χ3v) is 5.73. The van der Waals surface area contributed by atoms with E-state index in [0.717, 1.165) is 17.9 Å². The van der Waals surface area contributed by atoms with Gasteiger partial charge in [0.05, 0.1) is 35.5 Å². The molecule has 40 heavy (non-hydrogen) atoms. The van der Waals surface area contributed by atoms with E-state index in [0.29, 0.717) is 41.6 Å². The number of nitrogens with one attached hydrogen (secondary N) is 3. The smallest absolute Gasteiger partial charge is 0.247 e. The molecule has 0 atom stereocenters. The lowest BCUT2D eigenvalue weighted by Gasteiger charge is -2.25. The summed E-state index contributed by atoms with van der Waals surface area (Å²) in [6.45, 7) is 9.00. The normalized spacial score (nSPS) is 9.97. The van der Waals surface area contributed by atoms with Crippen LogP contribution in [0.25, 0.3) is 0 Å². The molecule has 0 saturated carbocycles. The first-order valence-electron chi connectivity index (χ1n) is 12.9. The Labute approximate surface area is 236 Å². The van der Waals surface area contributed by atoms with Gasteiger partial charge in [-0.15, -0.1) is 0 Å². The van der Waals surface area contributed by atoms with Gasteiger partial charge in [-0.05, 0) is 37.4 Å².